The maximum atomic E-state index is 13.3. The molecule has 0 saturated carbocycles. The highest BCUT2D eigenvalue weighted by molar-refractivity contribution is 7.89. The normalized spacial score (nSPS) is 17.8. The molecule has 1 N–H and O–H groups in total. The quantitative estimate of drug-likeness (QED) is 0.409. The van der Waals surface area contributed by atoms with Gasteiger partial charge in [-0.1, -0.05) is 29.0 Å². The molecule has 37 heavy (non-hydrogen) atoms. The van der Waals surface area contributed by atoms with Crippen LogP contribution in [0.5, 0.6) is 11.5 Å². The van der Waals surface area contributed by atoms with Gasteiger partial charge in [-0.2, -0.15) is 14.1 Å². The molecule has 4 aromatic rings. The van der Waals surface area contributed by atoms with E-state index in [0.29, 0.717) is 41.8 Å². The third-order valence-electron chi connectivity index (χ3n) is 6.55. The summed E-state index contributed by atoms with van der Waals surface area (Å²) in [5.74, 6) is 1.09. The number of anilines is 1. The van der Waals surface area contributed by atoms with Gasteiger partial charge in [0.15, 0.2) is 11.5 Å². The molecule has 6 rings (SSSR count). The Hall–Kier alpha value is -3.48. The number of thiazole rings is 1. The molecule has 192 valence electrons. The van der Waals surface area contributed by atoms with E-state index in [2.05, 4.69) is 15.4 Å². The maximum Gasteiger partial charge on any atom is 0.243 e. The number of nitrogens with one attached hydrogen (secondary N) is 1. The summed E-state index contributed by atoms with van der Waals surface area (Å²) in [6, 6.07) is 12.3. The van der Waals surface area contributed by atoms with Crippen LogP contribution >= 0.6 is 11.3 Å². The number of sulfonamides is 1. The van der Waals surface area contributed by atoms with Crippen LogP contribution in [0.2, 0.25) is 0 Å². The number of rotatable bonds is 5. The van der Waals surface area contributed by atoms with E-state index in [-0.39, 0.29) is 24.1 Å². The van der Waals surface area contributed by atoms with Gasteiger partial charge in [0.25, 0.3) is 0 Å². The van der Waals surface area contributed by atoms with Gasteiger partial charge in [0, 0.05) is 31.3 Å². The van der Waals surface area contributed by atoms with Gasteiger partial charge in [-0.3, -0.25) is 4.79 Å². The van der Waals surface area contributed by atoms with E-state index in [4.69, 9.17) is 9.47 Å². The summed E-state index contributed by atoms with van der Waals surface area (Å²) < 4.78 is 41.2. The van der Waals surface area contributed by atoms with Crippen molar-refractivity contribution in [3.05, 3.63) is 53.7 Å². The minimum absolute atomic E-state index is 0.127. The van der Waals surface area contributed by atoms with E-state index >= 15 is 0 Å². The number of carbonyl (C=O) groups is 1. The van der Waals surface area contributed by atoms with E-state index in [0.717, 1.165) is 21.5 Å². The summed E-state index contributed by atoms with van der Waals surface area (Å²) >= 11 is 1.42. The van der Waals surface area contributed by atoms with E-state index in [1.54, 1.807) is 35.0 Å². The number of carbonyl (C=O) groups excluding carboxylic acids is 1. The van der Waals surface area contributed by atoms with E-state index < -0.39 is 15.9 Å². The second kappa shape index (κ2) is 9.12. The van der Waals surface area contributed by atoms with Crippen LogP contribution in [0.3, 0.4) is 0 Å². The average molecular weight is 540 g/mol. The number of benzene rings is 2. The molecule has 12 heteroatoms. The first-order valence-corrected chi connectivity index (χ1v) is 14.2. The van der Waals surface area contributed by atoms with Crippen LogP contribution < -0.4 is 14.8 Å². The Labute approximate surface area is 217 Å². The molecule has 0 radical (unpaired) electrons. The van der Waals surface area contributed by atoms with Gasteiger partial charge in [0.05, 0.1) is 26.7 Å². The van der Waals surface area contributed by atoms with Crippen molar-refractivity contribution in [2.75, 3.05) is 25.2 Å². The number of hydrogen-bond donors (Lipinski definition) is 1. The Balaban J connectivity index is 1.22. The zero-order chi connectivity index (χ0) is 25.7. The highest BCUT2D eigenvalue weighted by Gasteiger charge is 2.34. The second-order valence-electron chi connectivity index (χ2n) is 9.26. The lowest BCUT2D eigenvalue weighted by Crippen LogP contribution is -2.43. The van der Waals surface area contributed by atoms with Gasteiger partial charge in [0.1, 0.15) is 5.82 Å². The van der Waals surface area contributed by atoms with Crippen molar-refractivity contribution in [2.24, 2.45) is 5.92 Å². The smallest absolute Gasteiger partial charge is 0.243 e. The molecule has 0 aliphatic carbocycles. The first-order valence-electron chi connectivity index (χ1n) is 11.9. The third-order valence-corrected chi connectivity index (χ3v) is 9.42. The number of piperidine rings is 1. The molecule has 1 unspecified atom stereocenters. The van der Waals surface area contributed by atoms with Crippen molar-refractivity contribution in [3.8, 4) is 16.6 Å². The fourth-order valence-corrected chi connectivity index (χ4v) is 7.06. The fraction of sp³-hybridized carbons (Fsp3) is 0.320. The van der Waals surface area contributed by atoms with Crippen molar-refractivity contribution in [3.63, 3.8) is 0 Å². The largest absolute Gasteiger partial charge is 0.454 e. The van der Waals surface area contributed by atoms with Crippen LogP contribution in [-0.4, -0.2) is 53.3 Å². The molecular weight excluding hydrogens is 514 g/mol. The SMILES string of the molecule is Cc1ccc(S(=O)(=O)N2CCCC(C(=O)Nc3cc(C)nn3-c3nc4cc5c(cc4s3)OCO5)C2)cc1. The number of aryl methyl sites for hydroxylation is 2. The summed E-state index contributed by atoms with van der Waals surface area (Å²) in [7, 11) is -3.68. The fourth-order valence-electron chi connectivity index (χ4n) is 4.59. The Morgan fingerprint density at radius 2 is 1.86 bits per heavy atom. The van der Waals surface area contributed by atoms with Gasteiger partial charge in [-0.05, 0) is 38.8 Å². The van der Waals surface area contributed by atoms with Crippen LogP contribution in [0.4, 0.5) is 5.82 Å². The Morgan fingerprint density at radius 1 is 1.11 bits per heavy atom. The molecular formula is C25H25N5O5S2. The summed E-state index contributed by atoms with van der Waals surface area (Å²) in [6.45, 7) is 4.46. The zero-order valence-electron chi connectivity index (χ0n) is 20.3. The van der Waals surface area contributed by atoms with Gasteiger partial charge in [-0.25, -0.2) is 13.4 Å². The van der Waals surface area contributed by atoms with E-state index in [1.807, 2.05) is 26.0 Å². The lowest BCUT2D eigenvalue weighted by atomic mass is 9.99. The average Bonchev–Trinajstić information content (AvgIpc) is 3.60. The summed E-state index contributed by atoms with van der Waals surface area (Å²) in [6.07, 6.45) is 1.21. The van der Waals surface area contributed by atoms with Crippen LogP contribution in [0, 0.1) is 19.8 Å². The molecule has 2 aliphatic rings. The molecule has 1 saturated heterocycles. The van der Waals surface area contributed by atoms with Crippen molar-refractivity contribution >= 4 is 43.3 Å². The highest BCUT2D eigenvalue weighted by Crippen LogP contribution is 2.39. The molecule has 4 heterocycles. The van der Waals surface area contributed by atoms with Crippen molar-refractivity contribution in [1.82, 2.24) is 19.1 Å². The lowest BCUT2D eigenvalue weighted by molar-refractivity contribution is -0.120. The lowest BCUT2D eigenvalue weighted by Gasteiger charge is -2.31. The minimum atomic E-state index is -3.68. The number of ether oxygens (including phenoxy) is 2. The van der Waals surface area contributed by atoms with Crippen molar-refractivity contribution < 1.29 is 22.7 Å². The van der Waals surface area contributed by atoms with Gasteiger partial charge in [-0.15, -0.1) is 0 Å². The van der Waals surface area contributed by atoms with Crippen molar-refractivity contribution in [1.29, 1.82) is 0 Å². The number of fused-ring (bicyclic) bond motifs is 2. The topological polar surface area (TPSA) is 116 Å². The molecule has 1 fully saturated rings. The number of hydrogen-bond acceptors (Lipinski definition) is 8. The van der Waals surface area contributed by atoms with Gasteiger partial charge in [0.2, 0.25) is 27.9 Å². The molecule has 0 spiro atoms. The van der Waals surface area contributed by atoms with Gasteiger partial charge >= 0.3 is 0 Å². The standard InChI is InChI=1S/C25H25N5O5S2/c1-15-5-7-18(8-6-15)37(32,33)29-9-3-4-17(13-29)24(31)27-23-10-16(2)28-30(23)25-26-19-11-20-21(35-14-34-20)12-22(19)36-25/h5-8,10-12,17H,3-4,9,13-14H2,1-2H3,(H,27,31). The Bertz CT molecular complexity index is 1570. The number of nitrogens with zero attached hydrogens (tertiary/aromatic N) is 4. The number of amides is 1. The van der Waals surface area contributed by atoms with Crippen LogP contribution in [0.15, 0.2) is 47.4 Å². The zero-order valence-corrected chi connectivity index (χ0v) is 21.9. The predicted molar refractivity (Wildman–Crippen MR) is 139 cm³/mol. The van der Waals surface area contributed by atoms with E-state index in [9.17, 15) is 13.2 Å². The second-order valence-corrected chi connectivity index (χ2v) is 12.2. The van der Waals surface area contributed by atoms with Gasteiger partial charge < -0.3 is 14.8 Å². The summed E-state index contributed by atoms with van der Waals surface area (Å²) in [4.78, 5) is 18.2. The predicted octanol–water partition coefficient (Wildman–Crippen LogP) is 3.87. The van der Waals surface area contributed by atoms with E-state index in [1.165, 1.54) is 15.6 Å². The van der Waals surface area contributed by atoms with Crippen LogP contribution in [0.1, 0.15) is 24.1 Å². The molecule has 10 nitrogen and oxygen atoms in total. The molecule has 2 aliphatic heterocycles. The summed E-state index contributed by atoms with van der Waals surface area (Å²) in [5, 5.41) is 8.09. The monoisotopic (exact) mass is 539 g/mol. The van der Waals surface area contributed by atoms with Crippen LogP contribution in [0.25, 0.3) is 15.3 Å². The first-order chi connectivity index (χ1) is 17.8. The van der Waals surface area contributed by atoms with Crippen LogP contribution in [-0.2, 0) is 14.8 Å². The maximum absolute atomic E-state index is 13.3. The molecule has 2 aromatic heterocycles. The highest BCUT2D eigenvalue weighted by atomic mass is 32.2. The molecule has 0 bridgehead atoms. The van der Waals surface area contributed by atoms with Crippen molar-refractivity contribution in [2.45, 2.75) is 31.6 Å². The summed E-state index contributed by atoms with van der Waals surface area (Å²) in [5.41, 5.74) is 2.45. The Morgan fingerprint density at radius 3 is 2.65 bits per heavy atom. The minimum Gasteiger partial charge on any atom is -0.454 e. The molecule has 2 aromatic carbocycles. The third kappa shape index (κ3) is 4.45. The molecule has 1 atom stereocenters. The Kier molecular flexibility index (Phi) is 5.89. The number of aromatic nitrogens is 3. The molecule has 1 amide bonds. The first kappa shape index (κ1) is 23.9.